The maximum atomic E-state index is 13.5. The predicted octanol–water partition coefficient (Wildman–Crippen LogP) is 6.74. The van der Waals surface area contributed by atoms with Crippen molar-refractivity contribution < 1.29 is 14.3 Å². The number of aryl methyl sites for hydroxylation is 1. The van der Waals surface area contributed by atoms with Gasteiger partial charge in [-0.2, -0.15) is 0 Å². The van der Waals surface area contributed by atoms with Crippen LogP contribution >= 0.6 is 11.6 Å². The Labute approximate surface area is 209 Å². The van der Waals surface area contributed by atoms with Gasteiger partial charge in [0, 0.05) is 18.1 Å². The van der Waals surface area contributed by atoms with E-state index < -0.39 is 0 Å². The highest BCUT2D eigenvalue weighted by atomic mass is 35.5. The number of carbonyl (C=O) groups is 2. The SMILES string of the molecule is Cc1ccccc1-c1ccc(C(=O)N(C)c2ccc(Cl)cc2OCc2ccccc2)c(NC=O)c1. The molecule has 0 atom stereocenters. The summed E-state index contributed by atoms with van der Waals surface area (Å²) < 4.78 is 6.03. The maximum Gasteiger partial charge on any atom is 0.260 e. The minimum absolute atomic E-state index is 0.294. The summed E-state index contributed by atoms with van der Waals surface area (Å²) in [5.41, 5.74) is 5.39. The first kappa shape index (κ1) is 24.0. The average molecular weight is 485 g/mol. The van der Waals surface area contributed by atoms with Crippen LogP contribution in [-0.2, 0) is 11.4 Å². The molecule has 2 amide bonds. The fourth-order valence-corrected chi connectivity index (χ4v) is 4.05. The fraction of sp³-hybridized carbons (Fsp3) is 0.103. The third-order valence-corrected chi connectivity index (χ3v) is 5.98. The number of nitrogens with zero attached hydrogens (tertiary/aromatic N) is 1. The van der Waals surface area contributed by atoms with Gasteiger partial charge in [-0.25, -0.2) is 0 Å². The lowest BCUT2D eigenvalue weighted by molar-refractivity contribution is -0.105. The van der Waals surface area contributed by atoms with E-state index in [1.165, 1.54) is 4.90 Å². The van der Waals surface area contributed by atoms with E-state index in [4.69, 9.17) is 16.3 Å². The summed E-state index contributed by atoms with van der Waals surface area (Å²) in [5, 5.41) is 3.19. The molecule has 0 aliphatic heterocycles. The van der Waals surface area contributed by atoms with Crippen LogP contribution in [0.1, 0.15) is 21.5 Å². The summed E-state index contributed by atoms with van der Waals surface area (Å²) in [6.45, 7) is 2.35. The monoisotopic (exact) mass is 484 g/mol. The molecule has 1 N–H and O–H groups in total. The van der Waals surface area contributed by atoms with Crippen molar-refractivity contribution >= 4 is 35.3 Å². The summed E-state index contributed by atoms with van der Waals surface area (Å²) in [7, 11) is 1.67. The quantitative estimate of drug-likeness (QED) is 0.282. The number of hydrogen-bond donors (Lipinski definition) is 1. The third kappa shape index (κ3) is 5.53. The van der Waals surface area contributed by atoms with Gasteiger partial charge in [-0.1, -0.05) is 72.3 Å². The number of anilines is 2. The molecule has 4 aromatic carbocycles. The van der Waals surface area contributed by atoms with E-state index >= 15 is 0 Å². The number of nitrogens with one attached hydrogen (secondary N) is 1. The molecule has 0 aliphatic carbocycles. The number of benzene rings is 4. The molecule has 4 rings (SSSR count). The molecule has 0 saturated heterocycles. The maximum absolute atomic E-state index is 13.5. The van der Waals surface area contributed by atoms with Gasteiger partial charge in [0.2, 0.25) is 6.41 Å². The summed E-state index contributed by atoms with van der Waals surface area (Å²) in [4.78, 5) is 26.4. The summed E-state index contributed by atoms with van der Waals surface area (Å²) in [6.07, 6.45) is 0.574. The first-order valence-electron chi connectivity index (χ1n) is 11.1. The van der Waals surface area contributed by atoms with Crippen molar-refractivity contribution in [3.05, 3.63) is 113 Å². The number of carbonyl (C=O) groups excluding carboxylic acids is 2. The van der Waals surface area contributed by atoms with E-state index in [0.29, 0.717) is 40.7 Å². The fourth-order valence-electron chi connectivity index (χ4n) is 3.88. The Morgan fingerprint density at radius 1 is 0.971 bits per heavy atom. The van der Waals surface area contributed by atoms with Gasteiger partial charge in [0.1, 0.15) is 12.4 Å². The van der Waals surface area contributed by atoms with Crippen LogP contribution in [0.25, 0.3) is 11.1 Å². The zero-order valence-electron chi connectivity index (χ0n) is 19.5. The highest BCUT2D eigenvalue weighted by Crippen LogP contribution is 2.34. The highest BCUT2D eigenvalue weighted by Gasteiger charge is 2.21. The minimum Gasteiger partial charge on any atom is -0.487 e. The van der Waals surface area contributed by atoms with Gasteiger partial charge in [-0.3, -0.25) is 9.59 Å². The average Bonchev–Trinajstić information content (AvgIpc) is 2.88. The van der Waals surface area contributed by atoms with Crippen LogP contribution in [0, 0.1) is 6.92 Å². The van der Waals surface area contributed by atoms with Gasteiger partial charge in [0.25, 0.3) is 5.91 Å². The van der Waals surface area contributed by atoms with Crippen molar-refractivity contribution in [2.45, 2.75) is 13.5 Å². The molecule has 0 spiro atoms. The van der Waals surface area contributed by atoms with Crippen molar-refractivity contribution in [1.29, 1.82) is 0 Å². The predicted molar refractivity (Wildman–Crippen MR) is 141 cm³/mol. The van der Waals surface area contributed by atoms with E-state index in [0.717, 1.165) is 22.3 Å². The summed E-state index contributed by atoms with van der Waals surface area (Å²) >= 11 is 6.22. The summed E-state index contributed by atoms with van der Waals surface area (Å²) in [5.74, 6) is 0.191. The largest absolute Gasteiger partial charge is 0.487 e. The second kappa shape index (κ2) is 10.9. The molecule has 6 heteroatoms. The van der Waals surface area contributed by atoms with Gasteiger partial charge in [0.15, 0.2) is 0 Å². The number of amides is 2. The lowest BCUT2D eigenvalue weighted by atomic mass is 9.98. The van der Waals surface area contributed by atoms with Gasteiger partial charge < -0.3 is 15.0 Å². The molecule has 35 heavy (non-hydrogen) atoms. The molecule has 0 bridgehead atoms. The minimum atomic E-state index is -0.294. The van der Waals surface area contributed by atoms with Crippen molar-refractivity contribution in [2.24, 2.45) is 0 Å². The van der Waals surface area contributed by atoms with Gasteiger partial charge >= 0.3 is 0 Å². The second-order valence-corrected chi connectivity index (χ2v) is 8.52. The van der Waals surface area contributed by atoms with Gasteiger partial charge in [-0.15, -0.1) is 0 Å². The van der Waals surface area contributed by atoms with E-state index in [1.807, 2.05) is 73.7 Å². The molecule has 0 unspecified atom stereocenters. The molecular formula is C29H25ClN2O3. The molecule has 0 heterocycles. The standard InChI is InChI=1S/C29H25ClN2O3/c1-20-8-6-7-11-24(20)22-12-14-25(26(16-22)31-19-33)29(34)32(2)27-15-13-23(30)17-28(27)35-18-21-9-4-3-5-10-21/h3-17,19H,18H2,1-2H3,(H,31,33). The zero-order valence-corrected chi connectivity index (χ0v) is 20.3. The summed E-state index contributed by atoms with van der Waals surface area (Å²) in [6, 6.07) is 28.3. The topological polar surface area (TPSA) is 58.6 Å². The molecular weight excluding hydrogens is 460 g/mol. The molecule has 0 fully saturated rings. The normalized spacial score (nSPS) is 10.5. The number of hydrogen-bond acceptors (Lipinski definition) is 3. The molecule has 5 nitrogen and oxygen atoms in total. The Morgan fingerprint density at radius 2 is 1.71 bits per heavy atom. The van der Waals surface area contributed by atoms with Crippen LogP contribution in [0.15, 0.2) is 91.0 Å². The van der Waals surface area contributed by atoms with Crippen LogP contribution in [0.5, 0.6) is 5.75 Å². The van der Waals surface area contributed by atoms with E-state index in [-0.39, 0.29) is 5.91 Å². The smallest absolute Gasteiger partial charge is 0.260 e. The molecule has 0 aromatic heterocycles. The van der Waals surface area contributed by atoms with Crippen LogP contribution in [0.3, 0.4) is 0 Å². The number of ether oxygens (including phenoxy) is 1. The Hall–Kier alpha value is -4.09. The van der Waals surface area contributed by atoms with Gasteiger partial charge in [-0.05, 0) is 53.4 Å². The Bertz CT molecular complexity index is 1360. The molecule has 0 radical (unpaired) electrons. The van der Waals surface area contributed by atoms with Crippen molar-refractivity contribution in [3.63, 3.8) is 0 Å². The Morgan fingerprint density at radius 3 is 2.46 bits per heavy atom. The Balaban J connectivity index is 1.65. The molecule has 176 valence electrons. The second-order valence-electron chi connectivity index (χ2n) is 8.09. The van der Waals surface area contributed by atoms with Crippen molar-refractivity contribution in [1.82, 2.24) is 0 Å². The highest BCUT2D eigenvalue weighted by molar-refractivity contribution is 6.31. The Kier molecular flexibility index (Phi) is 7.48. The van der Waals surface area contributed by atoms with Crippen LogP contribution in [0.4, 0.5) is 11.4 Å². The third-order valence-electron chi connectivity index (χ3n) is 5.75. The lowest BCUT2D eigenvalue weighted by Gasteiger charge is -2.22. The molecule has 4 aromatic rings. The van der Waals surface area contributed by atoms with E-state index in [9.17, 15) is 9.59 Å². The van der Waals surface area contributed by atoms with Crippen LogP contribution < -0.4 is 15.0 Å². The van der Waals surface area contributed by atoms with Crippen LogP contribution in [-0.4, -0.2) is 19.4 Å². The first-order valence-corrected chi connectivity index (χ1v) is 11.5. The zero-order chi connectivity index (χ0) is 24.8. The van der Waals surface area contributed by atoms with Crippen molar-refractivity contribution in [3.8, 4) is 16.9 Å². The number of halogens is 1. The van der Waals surface area contributed by atoms with Gasteiger partial charge in [0.05, 0.1) is 16.9 Å². The van der Waals surface area contributed by atoms with Crippen molar-refractivity contribution in [2.75, 3.05) is 17.3 Å². The van der Waals surface area contributed by atoms with Crippen LogP contribution in [0.2, 0.25) is 5.02 Å². The molecule has 0 saturated carbocycles. The molecule has 0 aliphatic rings. The lowest BCUT2D eigenvalue weighted by Crippen LogP contribution is -2.27. The number of rotatable bonds is 8. The van der Waals surface area contributed by atoms with E-state index in [2.05, 4.69) is 5.32 Å². The first-order chi connectivity index (χ1) is 17.0. The van der Waals surface area contributed by atoms with E-state index in [1.54, 1.807) is 31.3 Å².